The third-order valence-corrected chi connectivity index (χ3v) is 4.09. The summed E-state index contributed by atoms with van der Waals surface area (Å²) in [6.45, 7) is 0.745. The van der Waals surface area contributed by atoms with E-state index in [0.29, 0.717) is 10.6 Å². The highest BCUT2D eigenvalue weighted by Gasteiger charge is 2.09. The molecule has 0 aromatic carbocycles. The molecule has 1 heterocycles. The van der Waals surface area contributed by atoms with Crippen molar-refractivity contribution in [3.63, 3.8) is 0 Å². The van der Waals surface area contributed by atoms with Crippen LogP contribution in [0, 0.1) is 0 Å². The lowest BCUT2D eigenvalue weighted by Crippen LogP contribution is -2.24. The molecule has 1 amide bonds. The second-order valence-corrected chi connectivity index (χ2v) is 5.77. The number of rotatable bonds is 8. The summed E-state index contributed by atoms with van der Waals surface area (Å²) in [6, 6.07) is 1.77. The van der Waals surface area contributed by atoms with Gasteiger partial charge in [0.25, 0.3) is 5.91 Å². The van der Waals surface area contributed by atoms with Crippen LogP contribution >= 0.6 is 23.1 Å². The van der Waals surface area contributed by atoms with E-state index >= 15 is 0 Å². The molecule has 1 aromatic rings. The summed E-state index contributed by atoms with van der Waals surface area (Å²) < 4.78 is 0. The highest BCUT2D eigenvalue weighted by Crippen LogP contribution is 2.18. The maximum atomic E-state index is 11.7. The number of hydrogen-bond acceptors (Lipinski definition) is 4. The fourth-order valence-corrected chi connectivity index (χ4v) is 2.74. The van der Waals surface area contributed by atoms with Crippen molar-refractivity contribution in [2.75, 3.05) is 24.3 Å². The van der Waals surface area contributed by atoms with Crippen LogP contribution in [-0.2, 0) is 0 Å². The van der Waals surface area contributed by atoms with E-state index in [1.165, 1.54) is 36.4 Å². The van der Waals surface area contributed by atoms with Gasteiger partial charge in [-0.3, -0.25) is 4.79 Å². The first-order valence-corrected chi connectivity index (χ1v) is 8.13. The van der Waals surface area contributed by atoms with Gasteiger partial charge in [0, 0.05) is 6.54 Å². The Morgan fingerprint density at radius 2 is 2.18 bits per heavy atom. The highest BCUT2D eigenvalue weighted by atomic mass is 32.2. The first-order valence-electron chi connectivity index (χ1n) is 5.86. The predicted molar refractivity (Wildman–Crippen MR) is 77.9 cm³/mol. The Morgan fingerprint density at radius 1 is 1.41 bits per heavy atom. The molecule has 0 saturated carbocycles. The van der Waals surface area contributed by atoms with E-state index in [9.17, 15) is 4.79 Å². The van der Waals surface area contributed by atoms with E-state index in [1.807, 2.05) is 17.1 Å². The predicted octanol–water partition coefficient (Wildman–Crippen LogP) is 2.98. The second kappa shape index (κ2) is 8.42. The molecule has 0 fully saturated rings. The summed E-state index contributed by atoms with van der Waals surface area (Å²) >= 11 is 3.28. The molecule has 0 aliphatic heterocycles. The van der Waals surface area contributed by atoms with E-state index in [4.69, 9.17) is 5.73 Å². The molecule has 0 saturated heterocycles. The number of amides is 1. The fourth-order valence-electron chi connectivity index (χ4n) is 1.51. The van der Waals surface area contributed by atoms with Gasteiger partial charge < -0.3 is 11.1 Å². The monoisotopic (exact) mass is 272 g/mol. The van der Waals surface area contributed by atoms with Crippen LogP contribution in [-0.4, -0.2) is 24.5 Å². The number of nitrogens with two attached hydrogens (primary N) is 1. The van der Waals surface area contributed by atoms with Crippen molar-refractivity contribution < 1.29 is 4.79 Å². The fraction of sp³-hybridized carbons (Fsp3) is 0.583. The molecule has 0 radical (unpaired) electrons. The van der Waals surface area contributed by atoms with Gasteiger partial charge in [0.05, 0.1) is 5.69 Å². The zero-order chi connectivity index (χ0) is 12.5. The second-order valence-electron chi connectivity index (χ2n) is 3.87. The van der Waals surface area contributed by atoms with Gasteiger partial charge in [-0.2, -0.15) is 11.8 Å². The molecule has 3 N–H and O–H groups in total. The number of thiophene rings is 1. The molecule has 1 rings (SSSR count). The lowest BCUT2D eigenvalue weighted by molar-refractivity contribution is 0.0958. The molecule has 0 bridgehead atoms. The van der Waals surface area contributed by atoms with Crippen molar-refractivity contribution in [1.82, 2.24) is 5.32 Å². The van der Waals surface area contributed by atoms with Gasteiger partial charge in [0.1, 0.15) is 4.88 Å². The molecular weight excluding hydrogens is 252 g/mol. The van der Waals surface area contributed by atoms with Gasteiger partial charge in [0.2, 0.25) is 0 Å². The first-order chi connectivity index (χ1) is 8.25. The van der Waals surface area contributed by atoms with Crippen LogP contribution in [0.1, 0.15) is 35.4 Å². The summed E-state index contributed by atoms with van der Waals surface area (Å²) in [5.74, 6) is 1.19. The SMILES string of the molecule is CSCCCCCCNC(=O)c1sccc1N. The Hall–Kier alpha value is -0.680. The lowest BCUT2D eigenvalue weighted by Gasteiger charge is -2.04. The van der Waals surface area contributed by atoms with E-state index in [0.717, 1.165) is 13.0 Å². The minimum atomic E-state index is -0.0402. The van der Waals surface area contributed by atoms with Gasteiger partial charge in [-0.15, -0.1) is 11.3 Å². The van der Waals surface area contributed by atoms with Crippen molar-refractivity contribution in [3.05, 3.63) is 16.3 Å². The number of carbonyl (C=O) groups excluding carboxylic acids is 1. The Balaban J connectivity index is 2.07. The number of carbonyl (C=O) groups is 1. The normalized spacial score (nSPS) is 10.4. The molecule has 96 valence electrons. The average molecular weight is 272 g/mol. The molecule has 3 nitrogen and oxygen atoms in total. The van der Waals surface area contributed by atoms with Crippen LogP contribution in [0.3, 0.4) is 0 Å². The van der Waals surface area contributed by atoms with Crippen molar-refractivity contribution >= 4 is 34.7 Å². The summed E-state index contributed by atoms with van der Waals surface area (Å²) in [5.41, 5.74) is 6.25. The maximum absolute atomic E-state index is 11.7. The van der Waals surface area contributed by atoms with E-state index in [-0.39, 0.29) is 5.91 Å². The van der Waals surface area contributed by atoms with Crippen molar-refractivity contribution in [2.24, 2.45) is 0 Å². The molecular formula is C12H20N2OS2. The Kier molecular flexibility index (Phi) is 7.12. The van der Waals surface area contributed by atoms with Gasteiger partial charge in [0.15, 0.2) is 0 Å². The smallest absolute Gasteiger partial charge is 0.263 e. The summed E-state index contributed by atoms with van der Waals surface area (Å²) in [7, 11) is 0. The van der Waals surface area contributed by atoms with Gasteiger partial charge in [-0.05, 0) is 36.3 Å². The summed E-state index contributed by atoms with van der Waals surface area (Å²) in [6.07, 6.45) is 6.88. The Bertz CT molecular complexity index is 339. The van der Waals surface area contributed by atoms with Crippen molar-refractivity contribution in [1.29, 1.82) is 0 Å². The number of nitrogen functional groups attached to an aromatic ring is 1. The van der Waals surface area contributed by atoms with Crippen molar-refractivity contribution in [3.8, 4) is 0 Å². The number of hydrogen-bond donors (Lipinski definition) is 2. The minimum absolute atomic E-state index is 0.0402. The Labute approximate surface area is 111 Å². The minimum Gasteiger partial charge on any atom is -0.397 e. The summed E-state index contributed by atoms with van der Waals surface area (Å²) in [5, 5.41) is 4.74. The van der Waals surface area contributed by atoms with Crippen LogP contribution in [0.2, 0.25) is 0 Å². The van der Waals surface area contributed by atoms with Crippen LogP contribution in [0.25, 0.3) is 0 Å². The molecule has 0 aliphatic carbocycles. The molecule has 0 aliphatic rings. The average Bonchev–Trinajstić information content (AvgIpc) is 2.74. The molecule has 1 aromatic heterocycles. The molecule has 0 atom stereocenters. The van der Waals surface area contributed by atoms with Gasteiger partial charge in [-0.1, -0.05) is 12.8 Å². The number of anilines is 1. The third kappa shape index (κ3) is 5.46. The highest BCUT2D eigenvalue weighted by molar-refractivity contribution is 7.98. The molecule has 0 spiro atoms. The zero-order valence-corrected chi connectivity index (χ0v) is 11.8. The van der Waals surface area contributed by atoms with Crippen LogP contribution in [0.5, 0.6) is 0 Å². The van der Waals surface area contributed by atoms with E-state index in [1.54, 1.807) is 6.07 Å². The number of nitrogens with one attached hydrogen (secondary N) is 1. The van der Waals surface area contributed by atoms with Gasteiger partial charge in [-0.25, -0.2) is 0 Å². The Morgan fingerprint density at radius 3 is 2.82 bits per heavy atom. The molecule has 0 unspecified atom stereocenters. The quantitative estimate of drug-likeness (QED) is 0.715. The molecule has 17 heavy (non-hydrogen) atoms. The lowest BCUT2D eigenvalue weighted by atomic mass is 10.2. The molecule has 5 heteroatoms. The summed E-state index contributed by atoms with van der Waals surface area (Å²) in [4.78, 5) is 12.3. The van der Waals surface area contributed by atoms with E-state index < -0.39 is 0 Å². The number of unbranched alkanes of at least 4 members (excludes halogenated alkanes) is 3. The maximum Gasteiger partial charge on any atom is 0.263 e. The third-order valence-electron chi connectivity index (χ3n) is 2.46. The zero-order valence-electron chi connectivity index (χ0n) is 10.2. The number of thioether (sulfide) groups is 1. The van der Waals surface area contributed by atoms with Crippen LogP contribution in [0.15, 0.2) is 11.4 Å². The van der Waals surface area contributed by atoms with Crippen molar-refractivity contribution in [2.45, 2.75) is 25.7 Å². The van der Waals surface area contributed by atoms with E-state index in [2.05, 4.69) is 11.6 Å². The standard InChI is InChI=1S/C12H20N2OS2/c1-16-8-5-3-2-4-7-14-12(15)11-10(13)6-9-17-11/h6,9H,2-5,7-8,13H2,1H3,(H,14,15). The largest absolute Gasteiger partial charge is 0.397 e. The van der Waals surface area contributed by atoms with Crippen LogP contribution < -0.4 is 11.1 Å². The van der Waals surface area contributed by atoms with Gasteiger partial charge >= 0.3 is 0 Å². The topological polar surface area (TPSA) is 55.1 Å². The van der Waals surface area contributed by atoms with Crippen LogP contribution in [0.4, 0.5) is 5.69 Å². The first kappa shape index (κ1) is 14.4.